The van der Waals surface area contributed by atoms with Gasteiger partial charge in [-0.25, -0.2) is 4.39 Å². The summed E-state index contributed by atoms with van der Waals surface area (Å²) in [6, 6.07) is 11.2. The minimum atomic E-state index is -0.630. The van der Waals surface area contributed by atoms with Crippen molar-refractivity contribution in [3.05, 3.63) is 70.3 Å². The smallest absolute Gasteiger partial charge is 0.257 e. The van der Waals surface area contributed by atoms with Gasteiger partial charge in [0.15, 0.2) is 5.82 Å². The van der Waals surface area contributed by atoms with Crippen LogP contribution in [-0.4, -0.2) is 26.5 Å². The summed E-state index contributed by atoms with van der Waals surface area (Å²) in [5, 5.41) is 16.1. The van der Waals surface area contributed by atoms with Crippen molar-refractivity contribution >= 4 is 23.2 Å². The molecular formula is C15H11ClFN5O. The molecule has 0 radical (unpaired) electrons. The van der Waals surface area contributed by atoms with Gasteiger partial charge in [0, 0.05) is 12.1 Å². The quantitative estimate of drug-likeness (QED) is 0.770. The summed E-state index contributed by atoms with van der Waals surface area (Å²) in [6.45, 7) is 0. The van der Waals surface area contributed by atoms with E-state index in [-0.39, 0.29) is 10.6 Å². The average molecular weight is 332 g/mol. The van der Waals surface area contributed by atoms with Crippen LogP contribution in [0.25, 0.3) is 0 Å². The van der Waals surface area contributed by atoms with Gasteiger partial charge in [-0.05, 0) is 29.8 Å². The molecule has 3 aromatic rings. The van der Waals surface area contributed by atoms with Crippen molar-refractivity contribution in [1.82, 2.24) is 20.6 Å². The Balaban J connectivity index is 1.70. The molecule has 0 fully saturated rings. The van der Waals surface area contributed by atoms with Crippen molar-refractivity contribution in [2.24, 2.45) is 0 Å². The van der Waals surface area contributed by atoms with Gasteiger partial charge < -0.3 is 5.32 Å². The Bertz CT molecular complexity index is 820. The maximum Gasteiger partial charge on any atom is 0.257 e. The molecule has 2 aromatic carbocycles. The summed E-state index contributed by atoms with van der Waals surface area (Å²) in [7, 11) is 0. The molecule has 23 heavy (non-hydrogen) atoms. The van der Waals surface area contributed by atoms with Crippen LogP contribution in [-0.2, 0) is 6.42 Å². The predicted octanol–water partition coefficient (Wildman–Crippen LogP) is 2.84. The second-order valence-electron chi connectivity index (χ2n) is 4.76. The third-order valence-electron chi connectivity index (χ3n) is 3.16. The molecular weight excluding hydrogens is 321 g/mol. The molecule has 0 aliphatic carbocycles. The summed E-state index contributed by atoms with van der Waals surface area (Å²) in [6.07, 6.45) is 0.528. The number of rotatable bonds is 4. The number of amides is 1. The molecule has 6 nitrogen and oxygen atoms in total. The Hall–Kier alpha value is -2.80. The van der Waals surface area contributed by atoms with Crippen LogP contribution in [0.4, 0.5) is 10.1 Å². The molecule has 2 N–H and O–H groups in total. The van der Waals surface area contributed by atoms with Gasteiger partial charge in [-0.3, -0.25) is 4.79 Å². The molecule has 3 rings (SSSR count). The molecule has 0 spiro atoms. The molecule has 0 aliphatic rings. The van der Waals surface area contributed by atoms with Gasteiger partial charge in [0.25, 0.3) is 5.91 Å². The zero-order chi connectivity index (χ0) is 16.2. The van der Waals surface area contributed by atoms with E-state index in [1.165, 1.54) is 18.2 Å². The first-order chi connectivity index (χ1) is 11.1. The summed E-state index contributed by atoms with van der Waals surface area (Å²) in [5.74, 6) is -0.525. The fourth-order valence-corrected chi connectivity index (χ4v) is 2.24. The minimum absolute atomic E-state index is 0.0857. The van der Waals surface area contributed by atoms with Gasteiger partial charge in [-0.1, -0.05) is 35.0 Å². The van der Waals surface area contributed by atoms with E-state index in [0.717, 1.165) is 5.56 Å². The van der Waals surface area contributed by atoms with Crippen LogP contribution >= 0.6 is 11.6 Å². The van der Waals surface area contributed by atoms with Gasteiger partial charge in [-0.2, -0.15) is 5.21 Å². The van der Waals surface area contributed by atoms with E-state index in [4.69, 9.17) is 11.6 Å². The first kappa shape index (κ1) is 15.1. The Labute approximate surface area is 135 Å². The second kappa shape index (κ2) is 6.53. The van der Waals surface area contributed by atoms with E-state index >= 15 is 0 Å². The molecule has 0 aliphatic heterocycles. The number of aromatic amines is 1. The van der Waals surface area contributed by atoms with Crippen LogP contribution in [0.2, 0.25) is 5.02 Å². The van der Waals surface area contributed by atoms with Gasteiger partial charge in [0.2, 0.25) is 0 Å². The van der Waals surface area contributed by atoms with Gasteiger partial charge in [-0.15, -0.1) is 10.2 Å². The number of anilines is 1. The van der Waals surface area contributed by atoms with E-state index in [1.807, 2.05) is 12.1 Å². The van der Waals surface area contributed by atoms with Gasteiger partial charge >= 0.3 is 0 Å². The van der Waals surface area contributed by atoms with Crippen molar-refractivity contribution in [2.45, 2.75) is 6.42 Å². The molecule has 0 saturated heterocycles. The second-order valence-corrected chi connectivity index (χ2v) is 5.14. The zero-order valence-corrected chi connectivity index (χ0v) is 12.5. The number of carbonyl (C=O) groups is 1. The Morgan fingerprint density at radius 2 is 2.00 bits per heavy atom. The van der Waals surface area contributed by atoms with E-state index in [9.17, 15) is 9.18 Å². The summed E-state index contributed by atoms with van der Waals surface area (Å²) >= 11 is 5.80. The van der Waals surface area contributed by atoms with Crippen molar-refractivity contribution < 1.29 is 9.18 Å². The SMILES string of the molecule is O=C(Nc1ccc(Cc2nn[nH]n2)cc1)c1cccc(F)c1Cl. The fraction of sp³-hybridized carbons (Fsp3) is 0.0667. The lowest BCUT2D eigenvalue weighted by molar-refractivity contribution is 0.102. The van der Waals surface area contributed by atoms with E-state index in [1.54, 1.807) is 12.1 Å². The van der Waals surface area contributed by atoms with Crippen molar-refractivity contribution in [3.63, 3.8) is 0 Å². The number of benzene rings is 2. The zero-order valence-electron chi connectivity index (χ0n) is 11.8. The van der Waals surface area contributed by atoms with Crippen LogP contribution in [0.1, 0.15) is 21.7 Å². The van der Waals surface area contributed by atoms with Gasteiger partial charge in [0.1, 0.15) is 5.82 Å². The molecule has 0 saturated carbocycles. The van der Waals surface area contributed by atoms with Crippen molar-refractivity contribution in [2.75, 3.05) is 5.32 Å². The first-order valence-electron chi connectivity index (χ1n) is 6.70. The maximum absolute atomic E-state index is 13.4. The number of aromatic nitrogens is 4. The maximum atomic E-state index is 13.4. The Morgan fingerprint density at radius 3 is 2.70 bits per heavy atom. The number of tetrazole rings is 1. The minimum Gasteiger partial charge on any atom is -0.322 e. The number of nitrogens with zero attached hydrogens (tertiary/aromatic N) is 3. The van der Waals surface area contributed by atoms with Crippen LogP contribution in [0.5, 0.6) is 0 Å². The van der Waals surface area contributed by atoms with Crippen LogP contribution in [0.3, 0.4) is 0 Å². The fourth-order valence-electron chi connectivity index (χ4n) is 2.02. The lowest BCUT2D eigenvalue weighted by atomic mass is 10.1. The lowest BCUT2D eigenvalue weighted by Crippen LogP contribution is -2.13. The molecule has 116 valence electrons. The van der Waals surface area contributed by atoms with Gasteiger partial charge in [0.05, 0.1) is 10.6 Å². The molecule has 1 amide bonds. The van der Waals surface area contributed by atoms with Crippen LogP contribution in [0, 0.1) is 5.82 Å². The number of nitrogens with one attached hydrogen (secondary N) is 2. The summed E-state index contributed by atoms with van der Waals surface area (Å²) < 4.78 is 13.4. The highest BCUT2D eigenvalue weighted by Gasteiger charge is 2.13. The summed E-state index contributed by atoms with van der Waals surface area (Å²) in [4.78, 5) is 12.1. The average Bonchev–Trinajstić information content (AvgIpc) is 3.05. The largest absolute Gasteiger partial charge is 0.322 e. The van der Waals surface area contributed by atoms with Crippen molar-refractivity contribution in [1.29, 1.82) is 0 Å². The van der Waals surface area contributed by atoms with E-state index in [0.29, 0.717) is 17.9 Å². The Kier molecular flexibility index (Phi) is 4.29. The number of H-pyrrole nitrogens is 1. The first-order valence-corrected chi connectivity index (χ1v) is 7.08. The number of hydrogen-bond donors (Lipinski definition) is 2. The molecule has 8 heteroatoms. The highest BCUT2D eigenvalue weighted by molar-refractivity contribution is 6.34. The van der Waals surface area contributed by atoms with E-state index in [2.05, 4.69) is 25.9 Å². The van der Waals surface area contributed by atoms with Crippen LogP contribution < -0.4 is 5.32 Å². The monoisotopic (exact) mass is 331 g/mol. The lowest BCUT2D eigenvalue weighted by Gasteiger charge is -2.08. The number of hydrogen-bond acceptors (Lipinski definition) is 4. The molecule has 0 bridgehead atoms. The molecule has 1 aromatic heterocycles. The highest BCUT2D eigenvalue weighted by Crippen LogP contribution is 2.21. The molecule has 0 atom stereocenters. The van der Waals surface area contributed by atoms with Crippen LogP contribution in [0.15, 0.2) is 42.5 Å². The molecule has 0 unspecified atom stereocenters. The number of carbonyl (C=O) groups excluding carboxylic acids is 1. The predicted molar refractivity (Wildman–Crippen MR) is 82.8 cm³/mol. The topological polar surface area (TPSA) is 83.6 Å². The van der Waals surface area contributed by atoms with E-state index < -0.39 is 11.7 Å². The number of halogens is 2. The Morgan fingerprint density at radius 1 is 1.22 bits per heavy atom. The normalized spacial score (nSPS) is 10.5. The third-order valence-corrected chi connectivity index (χ3v) is 3.54. The summed E-state index contributed by atoms with van der Waals surface area (Å²) in [5.41, 5.74) is 1.63. The highest BCUT2D eigenvalue weighted by atomic mass is 35.5. The standard InChI is InChI=1S/C15H11ClFN5O/c16-14-11(2-1-3-12(14)17)15(23)18-10-6-4-9(5-7-10)8-13-19-21-22-20-13/h1-7H,8H2,(H,18,23)(H,19,20,21,22). The third kappa shape index (κ3) is 3.51. The molecule has 1 heterocycles. The van der Waals surface area contributed by atoms with Crippen molar-refractivity contribution in [3.8, 4) is 0 Å².